The quantitative estimate of drug-likeness (QED) is 0.125. The predicted octanol–water partition coefficient (Wildman–Crippen LogP) is 6.45. The molecule has 7 nitrogen and oxygen atoms in total. The van der Waals surface area contributed by atoms with E-state index in [-0.39, 0.29) is 24.1 Å². The van der Waals surface area contributed by atoms with E-state index in [1.807, 2.05) is 72.8 Å². The van der Waals surface area contributed by atoms with Gasteiger partial charge in [-0.2, -0.15) is 0 Å². The zero-order valence-corrected chi connectivity index (χ0v) is 26.1. The molecule has 0 fully saturated rings. The van der Waals surface area contributed by atoms with E-state index < -0.39 is 12.0 Å². The number of amides is 1. The number of methoxy groups -OCH3 is 2. The summed E-state index contributed by atoms with van der Waals surface area (Å²) in [5.41, 5.74) is 10.9. The van der Waals surface area contributed by atoms with Gasteiger partial charge in [0.15, 0.2) is 0 Å². The van der Waals surface area contributed by atoms with E-state index in [1.54, 1.807) is 32.4 Å². The molecule has 0 saturated carbocycles. The van der Waals surface area contributed by atoms with Crippen molar-refractivity contribution in [2.45, 2.75) is 31.1 Å². The Morgan fingerprint density at radius 1 is 0.717 bits per heavy atom. The van der Waals surface area contributed by atoms with Crippen molar-refractivity contribution in [3.8, 4) is 17.2 Å². The number of aliphatic hydroxyl groups is 1. The number of ether oxygens (including phenoxy) is 3. The summed E-state index contributed by atoms with van der Waals surface area (Å²) < 4.78 is 16.8. The third-order valence-corrected chi connectivity index (χ3v) is 8.12. The molecule has 5 aromatic rings. The molecule has 0 saturated heterocycles. The maximum atomic E-state index is 12.4. The molecule has 46 heavy (non-hydrogen) atoms. The summed E-state index contributed by atoms with van der Waals surface area (Å²) in [5.74, 6) is 1.25. The Balaban J connectivity index is 1.42. The third-order valence-electron chi connectivity index (χ3n) is 8.12. The van der Waals surface area contributed by atoms with Crippen LogP contribution >= 0.6 is 0 Å². The summed E-state index contributed by atoms with van der Waals surface area (Å²) in [6.45, 7) is 0.534. The number of carbonyl (C=O) groups is 1. The molecule has 0 aromatic heterocycles. The zero-order chi connectivity index (χ0) is 32.3. The summed E-state index contributed by atoms with van der Waals surface area (Å²) in [4.78, 5) is 12.4. The van der Waals surface area contributed by atoms with Gasteiger partial charge in [0, 0.05) is 18.5 Å². The maximum Gasteiger partial charge on any atom is 0.252 e. The van der Waals surface area contributed by atoms with E-state index in [1.165, 1.54) is 0 Å². The van der Waals surface area contributed by atoms with Crippen LogP contribution in [0.25, 0.3) is 0 Å². The Morgan fingerprint density at radius 2 is 1.24 bits per heavy atom. The van der Waals surface area contributed by atoms with Crippen LogP contribution < -0.4 is 25.3 Å². The Kier molecular flexibility index (Phi) is 11.1. The maximum absolute atomic E-state index is 12.4. The van der Waals surface area contributed by atoms with Crippen LogP contribution in [0, 0.1) is 0 Å². The fourth-order valence-electron chi connectivity index (χ4n) is 5.64. The minimum Gasteiger partial charge on any atom is -0.497 e. The van der Waals surface area contributed by atoms with Crippen LogP contribution in [0.1, 0.15) is 50.2 Å². The van der Waals surface area contributed by atoms with Crippen LogP contribution in [0.15, 0.2) is 127 Å². The monoisotopic (exact) mass is 616 g/mol. The fourth-order valence-corrected chi connectivity index (χ4v) is 5.64. The van der Waals surface area contributed by atoms with Gasteiger partial charge in [0.25, 0.3) is 5.91 Å². The topological polar surface area (TPSA) is 103 Å². The highest BCUT2D eigenvalue weighted by Crippen LogP contribution is 2.33. The Labute approximate surface area is 270 Å². The number of nitrogens with one attached hydrogen (secondary N) is 1. The van der Waals surface area contributed by atoms with Crippen LogP contribution in [-0.4, -0.2) is 37.8 Å². The van der Waals surface area contributed by atoms with Gasteiger partial charge >= 0.3 is 0 Å². The lowest BCUT2D eigenvalue weighted by Gasteiger charge is -2.31. The van der Waals surface area contributed by atoms with Crippen molar-refractivity contribution < 1.29 is 24.1 Å². The van der Waals surface area contributed by atoms with Crippen molar-refractivity contribution in [3.05, 3.63) is 161 Å². The SMILES string of the molecule is COc1ccc(C(c2ccc(OC)cc2)C(Cc2ccccc2)NCC(O)c2ccc(OCc3ccccc3)c(C(N)=O)c2)cc1. The minimum atomic E-state index is -0.910. The highest BCUT2D eigenvalue weighted by atomic mass is 16.5. The smallest absolute Gasteiger partial charge is 0.252 e. The van der Waals surface area contributed by atoms with Gasteiger partial charge in [-0.15, -0.1) is 0 Å². The average molecular weight is 617 g/mol. The van der Waals surface area contributed by atoms with Crippen LogP contribution in [0.3, 0.4) is 0 Å². The van der Waals surface area contributed by atoms with Crippen LogP contribution in [0.4, 0.5) is 0 Å². The molecule has 5 aromatic carbocycles. The van der Waals surface area contributed by atoms with Gasteiger partial charge in [-0.3, -0.25) is 4.79 Å². The van der Waals surface area contributed by atoms with Gasteiger partial charge in [0.05, 0.1) is 25.9 Å². The van der Waals surface area contributed by atoms with Gasteiger partial charge in [0.1, 0.15) is 23.9 Å². The number of aliphatic hydroxyl groups excluding tert-OH is 1. The summed E-state index contributed by atoms with van der Waals surface area (Å²) in [6, 6.07) is 41.1. The first-order valence-corrected chi connectivity index (χ1v) is 15.3. The molecular weight excluding hydrogens is 576 g/mol. The van der Waals surface area contributed by atoms with Crippen LogP contribution in [0.5, 0.6) is 17.2 Å². The van der Waals surface area contributed by atoms with E-state index in [4.69, 9.17) is 19.9 Å². The molecule has 0 bridgehead atoms. The van der Waals surface area contributed by atoms with Gasteiger partial charge in [-0.25, -0.2) is 0 Å². The normalized spacial score (nSPS) is 12.3. The summed E-state index contributed by atoms with van der Waals surface area (Å²) in [6.07, 6.45) is -0.207. The minimum absolute atomic E-state index is 0.0702. The predicted molar refractivity (Wildman–Crippen MR) is 180 cm³/mol. The fraction of sp³-hybridized carbons (Fsp3) is 0.205. The first-order valence-electron chi connectivity index (χ1n) is 15.3. The summed E-state index contributed by atoms with van der Waals surface area (Å²) >= 11 is 0. The van der Waals surface area contributed by atoms with Crippen molar-refractivity contribution in [3.63, 3.8) is 0 Å². The number of nitrogens with two attached hydrogens (primary N) is 1. The molecule has 0 radical (unpaired) electrons. The van der Waals surface area contributed by atoms with E-state index in [9.17, 15) is 9.90 Å². The second-order valence-electron chi connectivity index (χ2n) is 11.1. The molecule has 0 aliphatic heterocycles. The van der Waals surface area contributed by atoms with Crippen molar-refractivity contribution in [2.75, 3.05) is 20.8 Å². The molecule has 1 amide bonds. The number of rotatable bonds is 15. The number of primary amides is 1. The highest BCUT2D eigenvalue weighted by Gasteiger charge is 2.27. The second kappa shape index (κ2) is 15.8. The summed E-state index contributed by atoms with van der Waals surface area (Å²) in [5, 5.41) is 15.1. The van der Waals surface area contributed by atoms with Gasteiger partial charge in [-0.1, -0.05) is 91.0 Å². The molecule has 2 unspecified atom stereocenters. The van der Waals surface area contributed by atoms with E-state index in [2.05, 4.69) is 41.7 Å². The van der Waals surface area contributed by atoms with E-state index >= 15 is 0 Å². The first kappa shape index (κ1) is 32.3. The highest BCUT2D eigenvalue weighted by molar-refractivity contribution is 5.95. The van der Waals surface area contributed by atoms with Crippen LogP contribution in [-0.2, 0) is 13.0 Å². The summed E-state index contributed by atoms with van der Waals surface area (Å²) in [7, 11) is 3.31. The number of carbonyl (C=O) groups excluding carboxylic acids is 1. The Bertz CT molecular complexity index is 1630. The largest absolute Gasteiger partial charge is 0.497 e. The van der Waals surface area contributed by atoms with Crippen molar-refractivity contribution >= 4 is 5.91 Å². The molecule has 236 valence electrons. The van der Waals surface area contributed by atoms with Crippen molar-refractivity contribution in [1.29, 1.82) is 0 Å². The van der Waals surface area contributed by atoms with Crippen molar-refractivity contribution in [2.24, 2.45) is 5.73 Å². The lowest BCUT2D eigenvalue weighted by atomic mass is 9.82. The second-order valence-corrected chi connectivity index (χ2v) is 11.1. The molecular formula is C39H40N2O5. The molecule has 0 spiro atoms. The van der Waals surface area contributed by atoms with Gasteiger partial charge in [0.2, 0.25) is 0 Å². The zero-order valence-electron chi connectivity index (χ0n) is 26.1. The number of benzene rings is 5. The van der Waals surface area contributed by atoms with E-state index in [0.29, 0.717) is 24.3 Å². The lowest BCUT2D eigenvalue weighted by Crippen LogP contribution is -2.39. The molecule has 2 atom stereocenters. The molecule has 5 rings (SSSR count). The first-order chi connectivity index (χ1) is 22.4. The van der Waals surface area contributed by atoms with Crippen LogP contribution in [0.2, 0.25) is 0 Å². The molecule has 0 aliphatic carbocycles. The standard InChI is InChI=1S/C39H40N2O5/c1-44-32-18-13-29(14-19-32)38(30-15-20-33(45-2)21-16-30)35(23-27-9-5-3-6-10-27)41-25-36(42)31-17-22-37(34(24-31)39(40)43)46-26-28-11-7-4-8-12-28/h3-22,24,35-36,38,41-42H,23,25-26H2,1-2H3,(H2,40,43). The van der Waals surface area contributed by atoms with Gasteiger partial charge in [-0.05, 0) is 70.6 Å². The Hall–Kier alpha value is -5.11. The number of hydrogen-bond acceptors (Lipinski definition) is 6. The Morgan fingerprint density at radius 3 is 1.76 bits per heavy atom. The average Bonchev–Trinajstić information content (AvgIpc) is 3.11. The third kappa shape index (κ3) is 8.33. The molecule has 0 heterocycles. The molecule has 4 N–H and O–H groups in total. The number of hydrogen-bond donors (Lipinski definition) is 3. The lowest BCUT2D eigenvalue weighted by molar-refractivity contribution is 0.0995. The van der Waals surface area contributed by atoms with Gasteiger partial charge < -0.3 is 30.4 Å². The van der Waals surface area contributed by atoms with Crippen molar-refractivity contribution in [1.82, 2.24) is 5.32 Å². The molecule has 0 aliphatic rings. The molecule has 7 heteroatoms. The van der Waals surface area contributed by atoms with E-state index in [0.717, 1.165) is 33.8 Å².